The molecule has 1 aromatic heterocycles. The fourth-order valence-electron chi connectivity index (χ4n) is 6.28. The molecule has 0 amide bonds. The van der Waals surface area contributed by atoms with Gasteiger partial charge in [-0.1, -0.05) is 182 Å². The Morgan fingerprint density at radius 1 is 0.415 bits per heavy atom. The summed E-state index contributed by atoms with van der Waals surface area (Å²) >= 11 is 0. The molecule has 41 heavy (non-hydrogen) atoms. The fraction of sp³-hybridized carbons (Fsp3) is 0.410. The number of hydrogen-bond donors (Lipinski definition) is 0. The maximum Gasteiger partial charge on any atom is 0.168 e. The Morgan fingerprint density at radius 3 is 1.20 bits per heavy atom. The van der Waals surface area contributed by atoms with Gasteiger partial charge in [0.25, 0.3) is 0 Å². The Morgan fingerprint density at radius 2 is 0.780 bits per heavy atom. The van der Waals surface area contributed by atoms with Crippen LogP contribution in [0.5, 0.6) is 0 Å². The molecule has 0 saturated heterocycles. The minimum atomic E-state index is -0.950. The molecule has 0 N–H and O–H groups in total. The first-order chi connectivity index (χ1) is 20.3. The summed E-state index contributed by atoms with van der Waals surface area (Å²) in [4.78, 5) is 0. The van der Waals surface area contributed by atoms with Gasteiger partial charge in [-0.2, -0.15) is 22.7 Å². The Bertz CT molecular complexity index is 1050. The van der Waals surface area contributed by atoms with E-state index in [1.165, 1.54) is 99.8 Å². The van der Waals surface area contributed by atoms with Crippen LogP contribution in [0.4, 0.5) is 0 Å². The number of aryl methyl sites for hydroxylation is 1. The van der Waals surface area contributed by atoms with Crippen LogP contribution in [0.2, 0.25) is 6.32 Å². The third kappa shape index (κ3) is 11.0. The second-order valence-electron chi connectivity index (χ2n) is 11.7. The van der Waals surface area contributed by atoms with Crippen molar-refractivity contribution in [3.63, 3.8) is 0 Å². The highest BCUT2D eigenvalue weighted by Crippen LogP contribution is 2.19. The normalized spacial score (nSPS) is 11.1. The van der Waals surface area contributed by atoms with Crippen LogP contribution in [-0.2, 0) is 6.54 Å². The molecule has 0 atom stereocenters. The highest BCUT2D eigenvalue weighted by atomic mass is 14.9. The first kappa shape index (κ1) is 32.4. The number of rotatable bonds is 17. The zero-order chi connectivity index (χ0) is 28.9. The fourth-order valence-corrected chi connectivity index (χ4v) is 6.28. The molecule has 0 aliphatic carbocycles. The molecule has 0 radical (unpaired) electrons. The van der Waals surface area contributed by atoms with Crippen molar-refractivity contribution in [3.8, 4) is 0 Å². The van der Waals surface area contributed by atoms with E-state index in [1.54, 1.807) is 0 Å². The average molecular weight is 548 g/mol. The van der Waals surface area contributed by atoms with E-state index in [0.29, 0.717) is 0 Å². The Balaban J connectivity index is 0.000000389. The van der Waals surface area contributed by atoms with E-state index in [-0.39, 0.29) is 0 Å². The summed E-state index contributed by atoms with van der Waals surface area (Å²) in [6.45, 7) is 5.66. The number of benzene rings is 3. The predicted octanol–water partition coefficient (Wildman–Crippen LogP) is 8.85. The third-order valence-corrected chi connectivity index (χ3v) is 8.64. The van der Waals surface area contributed by atoms with Gasteiger partial charge in [0.15, 0.2) is 12.4 Å². The van der Waals surface area contributed by atoms with Gasteiger partial charge < -0.3 is 0 Å². The lowest BCUT2D eigenvalue weighted by Crippen LogP contribution is -2.66. The van der Waals surface area contributed by atoms with Crippen molar-refractivity contribution in [2.24, 2.45) is 0 Å². The molecule has 4 rings (SSSR count). The van der Waals surface area contributed by atoms with Gasteiger partial charge in [-0.05, 0) is 0 Å². The van der Waals surface area contributed by atoms with Crippen LogP contribution in [0.1, 0.15) is 90.9 Å². The molecule has 0 spiro atoms. The van der Waals surface area contributed by atoms with Crippen LogP contribution >= 0.6 is 0 Å². The SMILES string of the molecule is CCCCCCCCCCCC[B-](c1ccccc1)(c1ccccc1)c1ccccc1.CCCC[n+]1ccccc1. The number of aromatic nitrogens is 1. The van der Waals surface area contributed by atoms with Crippen LogP contribution in [0.3, 0.4) is 0 Å². The van der Waals surface area contributed by atoms with Crippen molar-refractivity contribution in [1.29, 1.82) is 0 Å². The van der Waals surface area contributed by atoms with Gasteiger partial charge in [0, 0.05) is 18.6 Å². The number of nitrogens with zero attached hydrogens (tertiary/aromatic N) is 1. The van der Waals surface area contributed by atoms with Gasteiger partial charge in [-0.3, -0.25) is 0 Å². The Labute approximate surface area is 252 Å². The van der Waals surface area contributed by atoms with E-state index < -0.39 is 6.15 Å². The monoisotopic (exact) mass is 547 g/mol. The summed E-state index contributed by atoms with van der Waals surface area (Å²) in [6.07, 6.45) is 20.8. The minimum Gasteiger partial charge on any atom is -0.205 e. The van der Waals surface area contributed by atoms with Crippen molar-refractivity contribution in [3.05, 3.63) is 122 Å². The topological polar surface area (TPSA) is 3.88 Å². The van der Waals surface area contributed by atoms with E-state index in [0.717, 1.165) is 6.54 Å². The summed E-state index contributed by atoms with van der Waals surface area (Å²) in [7, 11) is 0. The highest BCUT2D eigenvalue weighted by molar-refractivity contribution is 7.11. The molecule has 0 saturated carbocycles. The minimum absolute atomic E-state index is 0.950. The summed E-state index contributed by atoms with van der Waals surface area (Å²) in [5.41, 5.74) is 4.41. The molecule has 0 bridgehead atoms. The van der Waals surface area contributed by atoms with Gasteiger partial charge in [0.1, 0.15) is 6.54 Å². The van der Waals surface area contributed by atoms with Crippen LogP contribution < -0.4 is 21.0 Å². The summed E-state index contributed by atoms with van der Waals surface area (Å²) in [5, 5.41) is 0. The first-order valence-corrected chi connectivity index (χ1v) is 16.6. The van der Waals surface area contributed by atoms with Crippen molar-refractivity contribution in [2.75, 3.05) is 0 Å². The number of unbranched alkanes of at least 4 members (excludes halogenated alkanes) is 10. The third-order valence-electron chi connectivity index (χ3n) is 8.64. The zero-order valence-electron chi connectivity index (χ0n) is 26.0. The molecule has 4 aromatic rings. The molecule has 0 aliphatic rings. The highest BCUT2D eigenvalue weighted by Gasteiger charge is 2.29. The van der Waals surface area contributed by atoms with Gasteiger partial charge in [0.2, 0.25) is 0 Å². The lowest BCUT2D eigenvalue weighted by atomic mass is 9.14. The van der Waals surface area contributed by atoms with Gasteiger partial charge in [-0.25, -0.2) is 4.57 Å². The largest absolute Gasteiger partial charge is 0.205 e. The molecule has 0 aliphatic heterocycles. The maximum absolute atomic E-state index is 2.34. The molecular weight excluding hydrogens is 493 g/mol. The standard InChI is InChI=1S/C30H40B.C9H14N/c1-2-3-4-5-6-7-8-9-10-20-27-31(28-21-14-11-15-22-28,29-23-16-12-17-24-29)30-25-18-13-19-26-30;1-2-3-7-10-8-5-4-6-9-10/h11-19,21-26H,2-10,20,27H2,1H3;4-6,8-9H,2-3,7H2,1H3/q-1;+1. The molecular formula is C39H54BN. The van der Waals surface area contributed by atoms with Crippen LogP contribution in [0.15, 0.2) is 122 Å². The average Bonchev–Trinajstić information content (AvgIpc) is 3.05. The van der Waals surface area contributed by atoms with E-state index in [4.69, 9.17) is 0 Å². The number of hydrogen-bond acceptors (Lipinski definition) is 0. The smallest absolute Gasteiger partial charge is 0.168 e. The summed E-state index contributed by atoms with van der Waals surface area (Å²) < 4.78 is 2.21. The predicted molar refractivity (Wildman–Crippen MR) is 182 cm³/mol. The molecule has 1 heterocycles. The van der Waals surface area contributed by atoms with Crippen molar-refractivity contribution in [2.45, 2.75) is 104 Å². The maximum atomic E-state index is 2.34. The van der Waals surface area contributed by atoms with E-state index in [2.05, 4.69) is 134 Å². The van der Waals surface area contributed by atoms with Crippen molar-refractivity contribution >= 4 is 22.5 Å². The van der Waals surface area contributed by atoms with Crippen molar-refractivity contribution < 1.29 is 4.57 Å². The molecule has 0 fully saturated rings. The molecule has 1 nitrogen and oxygen atoms in total. The molecule has 0 unspecified atom stereocenters. The second-order valence-corrected chi connectivity index (χ2v) is 11.7. The zero-order valence-corrected chi connectivity index (χ0v) is 26.0. The molecule has 2 heteroatoms. The van der Waals surface area contributed by atoms with Gasteiger partial charge in [-0.15, -0.1) is 0 Å². The quantitative estimate of drug-likeness (QED) is 0.0706. The first-order valence-electron chi connectivity index (χ1n) is 16.6. The lowest BCUT2D eigenvalue weighted by molar-refractivity contribution is -0.697. The van der Waals surface area contributed by atoms with E-state index >= 15 is 0 Å². The summed E-state index contributed by atoms with van der Waals surface area (Å²) in [6, 6.07) is 39.9. The van der Waals surface area contributed by atoms with Crippen LogP contribution in [0, 0.1) is 0 Å². The van der Waals surface area contributed by atoms with E-state index in [9.17, 15) is 0 Å². The Hall–Kier alpha value is -3.13. The number of pyridine rings is 1. The second kappa shape index (κ2) is 19.9. The van der Waals surface area contributed by atoms with Crippen molar-refractivity contribution in [1.82, 2.24) is 0 Å². The van der Waals surface area contributed by atoms with Crippen LogP contribution in [-0.4, -0.2) is 6.15 Å². The molecule has 218 valence electrons. The van der Waals surface area contributed by atoms with Gasteiger partial charge >= 0.3 is 0 Å². The van der Waals surface area contributed by atoms with Crippen LogP contribution in [0.25, 0.3) is 0 Å². The lowest BCUT2D eigenvalue weighted by Gasteiger charge is -2.43. The molecule has 3 aromatic carbocycles. The van der Waals surface area contributed by atoms with Gasteiger partial charge in [0.05, 0.1) is 6.15 Å². The van der Waals surface area contributed by atoms with E-state index in [1.807, 2.05) is 6.07 Å². The summed E-state index contributed by atoms with van der Waals surface area (Å²) in [5.74, 6) is 0. The Kier molecular flexibility index (Phi) is 15.7.